The highest BCUT2D eigenvalue weighted by atomic mass is 16.5. The first-order valence-electron chi connectivity index (χ1n) is 3.86. The third-order valence-corrected chi connectivity index (χ3v) is 1.74. The van der Waals surface area contributed by atoms with Crippen LogP contribution in [0.3, 0.4) is 0 Å². The van der Waals surface area contributed by atoms with Gasteiger partial charge in [0.1, 0.15) is 0 Å². The monoisotopic (exact) mass is 154 g/mol. The molecular weight excluding hydrogens is 140 g/mol. The quantitative estimate of drug-likeness (QED) is 0.663. The van der Waals surface area contributed by atoms with Crippen molar-refractivity contribution in [2.24, 2.45) is 0 Å². The van der Waals surface area contributed by atoms with Crippen molar-refractivity contribution in [3.05, 3.63) is 24.3 Å². The van der Waals surface area contributed by atoms with E-state index in [0.29, 0.717) is 6.61 Å². The minimum atomic E-state index is -0.197. The van der Waals surface area contributed by atoms with E-state index in [1.165, 1.54) is 0 Å². The summed E-state index contributed by atoms with van der Waals surface area (Å²) in [5.74, 6) is 0. The van der Waals surface area contributed by atoms with Gasteiger partial charge in [-0.2, -0.15) is 0 Å². The van der Waals surface area contributed by atoms with E-state index in [4.69, 9.17) is 9.84 Å². The second kappa shape index (κ2) is 3.69. The standard InChI is InChI=1S/C9H14O2/c1-9(11-8-7-10)5-3-2-4-6-9/h2-5,10H,6-8H2,1H3. The molecule has 0 aromatic heterocycles. The van der Waals surface area contributed by atoms with E-state index < -0.39 is 0 Å². The summed E-state index contributed by atoms with van der Waals surface area (Å²) in [4.78, 5) is 0. The number of aliphatic hydroxyl groups is 1. The first-order chi connectivity index (χ1) is 5.27. The normalized spacial score (nSPS) is 29.3. The van der Waals surface area contributed by atoms with E-state index in [9.17, 15) is 0 Å². The average molecular weight is 154 g/mol. The number of ether oxygens (including phenoxy) is 1. The maximum atomic E-state index is 8.54. The Morgan fingerprint density at radius 1 is 1.55 bits per heavy atom. The first-order valence-corrected chi connectivity index (χ1v) is 3.86. The van der Waals surface area contributed by atoms with Crippen LogP contribution < -0.4 is 0 Å². The SMILES string of the molecule is CC1(OCCO)C=CC=CC1. The predicted molar refractivity (Wildman–Crippen MR) is 44.3 cm³/mol. The van der Waals surface area contributed by atoms with Gasteiger partial charge in [0.15, 0.2) is 0 Å². The third-order valence-electron chi connectivity index (χ3n) is 1.74. The summed E-state index contributed by atoms with van der Waals surface area (Å²) in [6, 6.07) is 0. The van der Waals surface area contributed by atoms with E-state index >= 15 is 0 Å². The van der Waals surface area contributed by atoms with Gasteiger partial charge < -0.3 is 9.84 Å². The fraction of sp³-hybridized carbons (Fsp3) is 0.556. The molecule has 11 heavy (non-hydrogen) atoms. The van der Waals surface area contributed by atoms with Crippen molar-refractivity contribution in [1.29, 1.82) is 0 Å². The molecule has 0 amide bonds. The van der Waals surface area contributed by atoms with Gasteiger partial charge in [-0.25, -0.2) is 0 Å². The van der Waals surface area contributed by atoms with Gasteiger partial charge in [0.05, 0.1) is 18.8 Å². The zero-order chi connectivity index (χ0) is 8.16. The molecule has 1 aliphatic carbocycles. The van der Waals surface area contributed by atoms with Crippen molar-refractivity contribution in [3.63, 3.8) is 0 Å². The van der Waals surface area contributed by atoms with Crippen molar-refractivity contribution in [2.75, 3.05) is 13.2 Å². The van der Waals surface area contributed by atoms with Gasteiger partial charge in [0.25, 0.3) is 0 Å². The molecule has 0 saturated carbocycles. The van der Waals surface area contributed by atoms with Crippen molar-refractivity contribution in [2.45, 2.75) is 18.9 Å². The predicted octanol–water partition coefficient (Wildman–Crippen LogP) is 1.27. The lowest BCUT2D eigenvalue weighted by molar-refractivity contribution is -0.0112. The van der Waals surface area contributed by atoms with Gasteiger partial charge in [-0.15, -0.1) is 0 Å². The van der Waals surface area contributed by atoms with Crippen molar-refractivity contribution in [3.8, 4) is 0 Å². The number of hydrogen-bond acceptors (Lipinski definition) is 2. The topological polar surface area (TPSA) is 29.5 Å². The molecule has 2 heteroatoms. The largest absolute Gasteiger partial charge is 0.394 e. The highest BCUT2D eigenvalue weighted by molar-refractivity contribution is 5.17. The Kier molecular flexibility index (Phi) is 2.85. The van der Waals surface area contributed by atoms with Gasteiger partial charge in [0.2, 0.25) is 0 Å². The van der Waals surface area contributed by atoms with E-state index in [1.807, 2.05) is 25.2 Å². The van der Waals surface area contributed by atoms with Crippen molar-refractivity contribution >= 4 is 0 Å². The van der Waals surface area contributed by atoms with Crippen LogP contribution in [0.25, 0.3) is 0 Å². The average Bonchev–Trinajstić information content (AvgIpc) is 2.03. The lowest BCUT2D eigenvalue weighted by Gasteiger charge is -2.26. The number of aliphatic hydroxyl groups excluding tert-OH is 1. The van der Waals surface area contributed by atoms with Crippen LogP contribution in [0.1, 0.15) is 13.3 Å². The zero-order valence-corrected chi connectivity index (χ0v) is 6.79. The molecule has 0 heterocycles. The Morgan fingerprint density at radius 3 is 2.91 bits per heavy atom. The molecule has 1 rings (SSSR count). The van der Waals surface area contributed by atoms with Crippen molar-refractivity contribution in [1.82, 2.24) is 0 Å². The Morgan fingerprint density at radius 2 is 2.36 bits per heavy atom. The molecule has 0 aromatic rings. The van der Waals surface area contributed by atoms with Gasteiger partial charge in [-0.1, -0.05) is 24.3 Å². The van der Waals surface area contributed by atoms with E-state index in [2.05, 4.69) is 6.08 Å². The molecule has 1 unspecified atom stereocenters. The lowest BCUT2D eigenvalue weighted by atomic mass is 9.98. The van der Waals surface area contributed by atoms with E-state index in [0.717, 1.165) is 6.42 Å². The minimum absolute atomic E-state index is 0.0904. The molecule has 0 saturated heterocycles. The zero-order valence-electron chi connectivity index (χ0n) is 6.79. The minimum Gasteiger partial charge on any atom is -0.394 e. The third kappa shape index (κ3) is 2.48. The van der Waals surface area contributed by atoms with Gasteiger partial charge >= 0.3 is 0 Å². The van der Waals surface area contributed by atoms with Gasteiger partial charge in [-0.05, 0) is 13.3 Å². The second-order valence-corrected chi connectivity index (χ2v) is 2.88. The summed E-state index contributed by atoms with van der Waals surface area (Å²) in [6.07, 6.45) is 8.95. The molecule has 2 nitrogen and oxygen atoms in total. The molecule has 0 radical (unpaired) electrons. The molecule has 0 aromatic carbocycles. The molecule has 0 bridgehead atoms. The van der Waals surface area contributed by atoms with E-state index in [-0.39, 0.29) is 12.2 Å². The van der Waals surface area contributed by atoms with Crippen LogP contribution in [-0.2, 0) is 4.74 Å². The Hall–Kier alpha value is -0.600. The highest BCUT2D eigenvalue weighted by Crippen LogP contribution is 2.20. The summed E-state index contributed by atoms with van der Waals surface area (Å²) >= 11 is 0. The molecule has 1 aliphatic rings. The highest BCUT2D eigenvalue weighted by Gasteiger charge is 2.20. The van der Waals surface area contributed by atoms with E-state index in [1.54, 1.807) is 0 Å². The van der Waals surface area contributed by atoms with Crippen LogP contribution >= 0.6 is 0 Å². The lowest BCUT2D eigenvalue weighted by Crippen LogP contribution is -2.27. The van der Waals surface area contributed by atoms with Crippen LogP contribution in [0.15, 0.2) is 24.3 Å². The summed E-state index contributed by atoms with van der Waals surface area (Å²) in [6.45, 7) is 2.52. The first kappa shape index (κ1) is 8.50. The van der Waals surface area contributed by atoms with Crippen molar-refractivity contribution < 1.29 is 9.84 Å². The maximum Gasteiger partial charge on any atom is 0.0872 e. The molecule has 62 valence electrons. The summed E-state index contributed by atoms with van der Waals surface area (Å²) in [7, 11) is 0. The summed E-state index contributed by atoms with van der Waals surface area (Å²) < 4.78 is 5.43. The van der Waals surface area contributed by atoms with Gasteiger partial charge in [0, 0.05) is 0 Å². The fourth-order valence-corrected chi connectivity index (χ4v) is 1.09. The maximum absolute atomic E-state index is 8.54. The van der Waals surface area contributed by atoms with Crippen LogP contribution in [0.5, 0.6) is 0 Å². The molecular formula is C9H14O2. The van der Waals surface area contributed by atoms with Crippen LogP contribution in [-0.4, -0.2) is 23.9 Å². The number of hydrogen-bond donors (Lipinski definition) is 1. The Balaban J connectivity index is 2.40. The molecule has 0 fully saturated rings. The molecule has 1 atom stereocenters. The molecule has 0 spiro atoms. The van der Waals surface area contributed by atoms with Crippen LogP contribution in [0.4, 0.5) is 0 Å². The Labute approximate surface area is 67.2 Å². The fourth-order valence-electron chi connectivity index (χ4n) is 1.09. The number of rotatable bonds is 3. The summed E-state index contributed by atoms with van der Waals surface area (Å²) in [5.41, 5.74) is -0.197. The molecule has 1 N–H and O–H groups in total. The van der Waals surface area contributed by atoms with Crippen LogP contribution in [0, 0.1) is 0 Å². The Bertz CT molecular complexity index is 172. The smallest absolute Gasteiger partial charge is 0.0872 e. The second-order valence-electron chi connectivity index (χ2n) is 2.88. The number of allylic oxidation sites excluding steroid dienone is 2. The van der Waals surface area contributed by atoms with Crippen LogP contribution in [0.2, 0.25) is 0 Å². The van der Waals surface area contributed by atoms with Gasteiger partial charge in [-0.3, -0.25) is 0 Å². The summed E-state index contributed by atoms with van der Waals surface area (Å²) in [5, 5.41) is 8.54. The molecule has 0 aliphatic heterocycles.